The second-order valence-electron chi connectivity index (χ2n) is 6.70. The smallest absolute Gasteiger partial charge is 0.250 e. The molecule has 2 aromatic rings. The fraction of sp³-hybridized carbons (Fsp3) is 0.455. The molecule has 0 saturated carbocycles. The van der Waals surface area contributed by atoms with Crippen LogP contribution in [0.5, 0.6) is 11.5 Å². The fourth-order valence-electron chi connectivity index (χ4n) is 2.80. The minimum atomic E-state index is -0.277. The van der Waals surface area contributed by atoms with Crippen LogP contribution in [0.1, 0.15) is 56.0 Å². The van der Waals surface area contributed by atoms with E-state index in [1.165, 1.54) is 56.6 Å². The number of nitrogens with zero attached hydrogens (tertiary/aromatic N) is 3. The third-order valence-electron chi connectivity index (χ3n) is 4.35. The van der Waals surface area contributed by atoms with E-state index in [0.717, 1.165) is 23.4 Å². The minimum absolute atomic E-state index is 0.0589. The highest BCUT2D eigenvalue weighted by Gasteiger charge is 2.07. The zero-order chi connectivity index (χ0) is 21.6. The van der Waals surface area contributed by atoms with Gasteiger partial charge in [-0.1, -0.05) is 56.4 Å². The Kier molecular flexibility index (Phi) is 10.4. The van der Waals surface area contributed by atoms with E-state index >= 15 is 0 Å². The van der Waals surface area contributed by atoms with Gasteiger partial charge >= 0.3 is 0 Å². The highest BCUT2D eigenvalue weighted by molar-refractivity contribution is 7.15. The number of hydrogen-bond acceptors (Lipinski definition) is 7. The van der Waals surface area contributed by atoms with Crippen LogP contribution in [0.4, 0.5) is 5.13 Å². The van der Waals surface area contributed by atoms with Crippen LogP contribution < -0.4 is 14.8 Å². The van der Waals surface area contributed by atoms with Crippen LogP contribution in [0.25, 0.3) is 6.08 Å². The quantitative estimate of drug-likeness (QED) is 0.356. The number of methoxy groups -OCH3 is 1. The van der Waals surface area contributed by atoms with Crippen molar-refractivity contribution in [3.8, 4) is 17.6 Å². The molecule has 1 amide bonds. The number of nitriles is 1. The molecule has 0 fully saturated rings. The van der Waals surface area contributed by atoms with Gasteiger partial charge in [-0.3, -0.25) is 10.1 Å². The molecule has 0 aliphatic rings. The Hall–Kier alpha value is -2.92. The second-order valence-corrected chi connectivity index (χ2v) is 7.76. The van der Waals surface area contributed by atoms with Gasteiger partial charge in [0.05, 0.1) is 7.11 Å². The number of unbranched alkanes of at least 4 members (excludes halogenated alkanes) is 5. The van der Waals surface area contributed by atoms with Crippen molar-refractivity contribution in [1.29, 1.82) is 5.26 Å². The molecule has 8 heteroatoms. The number of nitrogens with one attached hydrogen (secondary N) is 1. The van der Waals surface area contributed by atoms with Crippen LogP contribution in [0, 0.1) is 11.3 Å². The Balaban J connectivity index is 1.82. The molecule has 0 aliphatic heterocycles. The Labute approximate surface area is 181 Å². The van der Waals surface area contributed by atoms with Crippen molar-refractivity contribution in [2.75, 3.05) is 19.0 Å². The van der Waals surface area contributed by atoms with E-state index in [4.69, 9.17) is 14.7 Å². The Morgan fingerprint density at radius 2 is 2.00 bits per heavy atom. The van der Waals surface area contributed by atoms with Gasteiger partial charge in [0.2, 0.25) is 11.0 Å². The van der Waals surface area contributed by atoms with Gasteiger partial charge in [0.1, 0.15) is 11.1 Å². The van der Waals surface area contributed by atoms with Crippen molar-refractivity contribution >= 4 is 28.5 Å². The summed E-state index contributed by atoms with van der Waals surface area (Å²) in [4.78, 5) is 12.2. The lowest BCUT2D eigenvalue weighted by molar-refractivity contribution is -0.111. The average molecular weight is 429 g/mol. The Morgan fingerprint density at radius 3 is 2.77 bits per heavy atom. The third kappa shape index (κ3) is 8.21. The maximum absolute atomic E-state index is 12.2. The molecule has 0 radical (unpaired) electrons. The summed E-state index contributed by atoms with van der Waals surface area (Å²) in [6.07, 6.45) is 11.4. The highest BCUT2D eigenvalue weighted by atomic mass is 32.1. The van der Waals surface area contributed by atoms with Crippen molar-refractivity contribution in [3.63, 3.8) is 0 Å². The van der Waals surface area contributed by atoms with Crippen LogP contribution in [0.3, 0.4) is 0 Å². The molecule has 1 N–H and O–H groups in total. The van der Waals surface area contributed by atoms with Gasteiger partial charge in [-0.05, 0) is 30.2 Å². The molecule has 160 valence electrons. The second kappa shape index (κ2) is 13.3. The van der Waals surface area contributed by atoms with Gasteiger partial charge in [0, 0.05) is 12.5 Å². The van der Waals surface area contributed by atoms with Crippen molar-refractivity contribution in [2.24, 2.45) is 0 Å². The van der Waals surface area contributed by atoms with Crippen LogP contribution in [-0.2, 0) is 11.2 Å². The molecular weight excluding hydrogens is 400 g/mol. The summed E-state index contributed by atoms with van der Waals surface area (Å²) in [6, 6.07) is 7.13. The van der Waals surface area contributed by atoms with E-state index in [1.54, 1.807) is 24.3 Å². The molecule has 7 nitrogen and oxygen atoms in total. The number of ether oxygens (including phenoxy) is 2. The summed E-state index contributed by atoms with van der Waals surface area (Å²) < 4.78 is 10.6. The van der Waals surface area contributed by atoms with Crippen LogP contribution >= 0.6 is 11.3 Å². The average Bonchev–Trinajstić information content (AvgIpc) is 3.20. The first-order valence-electron chi connectivity index (χ1n) is 10.2. The largest absolute Gasteiger partial charge is 0.493 e. The number of amides is 1. The summed E-state index contributed by atoms with van der Waals surface area (Å²) >= 11 is 1.42. The lowest BCUT2D eigenvalue weighted by atomic mass is 10.1. The summed E-state index contributed by atoms with van der Waals surface area (Å²) in [5.74, 6) is 0.699. The number of aryl methyl sites for hydroxylation is 1. The van der Waals surface area contributed by atoms with E-state index in [9.17, 15) is 4.79 Å². The minimum Gasteiger partial charge on any atom is -0.493 e. The number of carbonyl (C=O) groups is 1. The molecule has 0 aliphatic carbocycles. The van der Waals surface area contributed by atoms with Crippen molar-refractivity contribution in [1.82, 2.24) is 10.2 Å². The maximum atomic E-state index is 12.2. The number of anilines is 1. The summed E-state index contributed by atoms with van der Waals surface area (Å²) in [7, 11) is 1.52. The molecule has 1 heterocycles. The first-order valence-corrected chi connectivity index (χ1v) is 11.0. The first-order chi connectivity index (χ1) is 14.7. The number of rotatable bonds is 13. The van der Waals surface area contributed by atoms with Crippen LogP contribution in [0.15, 0.2) is 24.3 Å². The van der Waals surface area contributed by atoms with Crippen LogP contribution in [-0.4, -0.2) is 29.8 Å². The molecule has 2 rings (SSSR count). The molecule has 0 bridgehead atoms. The lowest BCUT2D eigenvalue weighted by Crippen LogP contribution is -2.07. The summed E-state index contributed by atoms with van der Waals surface area (Å²) in [5, 5.41) is 21.0. The predicted octanol–water partition coefficient (Wildman–Crippen LogP) is 5.00. The van der Waals surface area contributed by atoms with E-state index < -0.39 is 0 Å². The van der Waals surface area contributed by atoms with Gasteiger partial charge in [-0.2, -0.15) is 5.26 Å². The summed E-state index contributed by atoms with van der Waals surface area (Å²) in [6.45, 7) is 2.16. The molecule has 0 saturated heterocycles. The Bertz CT molecular complexity index is 874. The van der Waals surface area contributed by atoms with Crippen molar-refractivity contribution < 1.29 is 14.3 Å². The van der Waals surface area contributed by atoms with E-state index in [-0.39, 0.29) is 12.5 Å². The predicted molar refractivity (Wildman–Crippen MR) is 119 cm³/mol. The fourth-order valence-corrected chi connectivity index (χ4v) is 3.58. The molecular formula is C22H28N4O3S. The molecule has 0 atom stereocenters. The van der Waals surface area contributed by atoms with E-state index in [1.807, 2.05) is 6.07 Å². The van der Waals surface area contributed by atoms with Gasteiger partial charge < -0.3 is 9.47 Å². The topological polar surface area (TPSA) is 97.1 Å². The van der Waals surface area contributed by atoms with Gasteiger partial charge in [-0.25, -0.2) is 0 Å². The van der Waals surface area contributed by atoms with Gasteiger partial charge in [-0.15, -0.1) is 10.2 Å². The zero-order valence-electron chi connectivity index (χ0n) is 17.5. The standard InChI is InChI=1S/C22H28N4O3S/c1-3-4-5-6-7-8-9-21-25-26-22(30-21)24-20(27)13-11-17-10-12-18(29-15-14-23)19(16-17)28-2/h10-13,16H,3-9,15H2,1-2H3,(H,24,26,27)/b13-11+. The van der Waals surface area contributed by atoms with Gasteiger partial charge in [0.15, 0.2) is 18.1 Å². The van der Waals surface area contributed by atoms with Crippen LogP contribution in [0.2, 0.25) is 0 Å². The third-order valence-corrected chi connectivity index (χ3v) is 5.25. The Morgan fingerprint density at radius 1 is 1.20 bits per heavy atom. The number of aromatic nitrogens is 2. The highest BCUT2D eigenvalue weighted by Crippen LogP contribution is 2.28. The maximum Gasteiger partial charge on any atom is 0.250 e. The number of benzene rings is 1. The molecule has 0 spiro atoms. The lowest BCUT2D eigenvalue weighted by Gasteiger charge is -2.08. The van der Waals surface area contributed by atoms with E-state index in [0.29, 0.717) is 16.6 Å². The van der Waals surface area contributed by atoms with E-state index in [2.05, 4.69) is 22.4 Å². The van der Waals surface area contributed by atoms with Gasteiger partial charge in [0.25, 0.3) is 0 Å². The molecule has 30 heavy (non-hydrogen) atoms. The van der Waals surface area contributed by atoms with Crippen molar-refractivity contribution in [2.45, 2.75) is 51.9 Å². The normalized spacial score (nSPS) is 10.7. The molecule has 0 unspecified atom stereocenters. The number of carbonyl (C=O) groups excluding carboxylic acids is 1. The summed E-state index contributed by atoms with van der Waals surface area (Å²) in [5.41, 5.74) is 0.771. The molecule has 1 aromatic carbocycles. The van der Waals surface area contributed by atoms with Crippen molar-refractivity contribution in [3.05, 3.63) is 34.8 Å². The SMILES string of the molecule is CCCCCCCCc1nnc(NC(=O)/C=C/c2ccc(OCC#N)c(OC)c2)s1. The number of hydrogen-bond donors (Lipinski definition) is 1. The molecule has 1 aromatic heterocycles. The zero-order valence-corrected chi connectivity index (χ0v) is 18.3. The monoisotopic (exact) mass is 428 g/mol. The first kappa shape index (κ1) is 23.4.